The molecule has 2 N–H and O–H groups in total. The van der Waals surface area contributed by atoms with Crippen LogP contribution in [0.5, 0.6) is 0 Å². The molecule has 1 atom stereocenters. The second-order valence-electron chi connectivity index (χ2n) is 4.73. The molecule has 0 saturated carbocycles. The molecule has 16 heavy (non-hydrogen) atoms. The Labute approximate surface area is 98.7 Å². The van der Waals surface area contributed by atoms with Crippen molar-refractivity contribution in [1.82, 2.24) is 0 Å². The summed E-state index contributed by atoms with van der Waals surface area (Å²) in [4.78, 5) is 0. The zero-order valence-corrected chi connectivity index (χ0v) is 10.6. The van der Waals surface area contributed by atoms with Gasteiger partial charge in [0.25, 0.3) is 0 Å². The first-order chi connectivity index (χ1) is 7.63. The van der Waals surface area contributed by atoms with Gasteiger partial charge in [-0.3, -0.25) is 0 Å². The Morgan fingerprint density at radius 1 is 1.31 bits per heavy atom. The molecule has 1 unspecified atom stereocenters. The third-order valence-electron chi connectivity index (χ3n) is 3.29. The molecule has 1 aromatic carbocycles. The lowest BCUT2D eigenvalue weighted by Gasteiger charge is -2.26. The van der Waals surface area contributed by atoms with Crippen molar-refractivity contribution in [1.29, 1.82) is 0 Å². The van der Waals surface area contributed by atoms with E-state index in [-0.39, 0.29) is 12.0 Å². The summed E-state index contributed by atoms with van der Waals surface area (Å²) in [5, 5.41) is 12.7. The first-order valence-electron chi connectivity index (χ1n) is 6.07. The zero-order valence-electron chi connectivity index (χ0n) is 10.6. The zero-order chi connectivity index (χ0) is 12.0. The highest BCUT2D eigenvalue weighted by Gasteiger charge is 2.20. The number of nitrogens with one attached hydrogen (secondary N) is 1. The molecule has 0 saturated heterocycles. The van der Waals surface area contributed by atoms with Crippen LogP contribution in [0.25, 0.3) is 0 Å². The molecule has 2 nitrogen and oxygen atoms in total. The van der Waals surface area contributed by atoms with E-state index >= 15 is 0 Å². The highest BCUT2D eigenvalue weighted by atomic mass is 16.3. The third-order valence-corrected chi connectivity index (χ3v) is 3.29. The van der Waals surface area contributed by atoms with E-state index in [2.05, 4.69) is 50.4 Å². The lowest BCUT2D eigenvalue weighted by Crippen LogP contribution is -2.29. The van der Waals surface area contributed by atoms with Crippen molar-refractivity contribution in [2.45, 2.75) is 33.6 Å². The van der Waals surface area contributed by atoms with Gasteiger partial charge in [-0.2, -0.15) is 0 Å². The van der Waals surface area contributed by atoms with Crippen molar-refractivity contribution in [3.8, 4) is 0 Å². The van der Waals surface area contributed by atoms with E-state index in [1.54, 1.807) is 0 Å². The fourth-order valence-electron chi connectivity index (χ4n) is 1.51. The molecule has 90 valence electrons. The SMILES string of the molecule is CCc1cccc(NCC(C)(CC)CO)c1. The number of aliphatic hydroxyl groups excluding tert-OH is 1. The predicted octanol–water partition coefficient (Wildman–Crippen LogP) is 3.07. The molecule has 0 aliphatic heterocycles. The van der Waals surface area contributed by atoms with E-state index in [9.17, 15) is 5.11 Å². The number of hydrogen-bond acceptors (Lipinski definition) is 2. The van der Waals surface area contributed by atoms with Crippen molar-refractivity contribution >= 4 is 5.69 Å². The number of benzene rings is 1. The highest BCUT2D eigenvalue weighted by molar-refractivity contribution is 5.45. The Balaban J connectivity index is 2.60. The Bertz CT molecular complexity index is 318. The minimum Gasteiger partial charge on any atom is -0.396 e. The van der Waals surface area contributed by atoms with Crippen LogP contribution in [-0.2, 0) is 6.42 Å². The van der Waals surface area contributed by atoms with E-state index in [1.165, 1.54) is 5.56 Å². The minimum absolute atomic E-state index is 0.0256. The first kappa shape index (κ1) is 13.0. The van der Waals surface area contributed by atoms with Gasteiger partial charge in [0.2, 0.25) is 0 Å². The van der Waals surface area contributed by atoms with Gasteiger partial charge in [0.05, 0.1) is 6.61 Å². The molecule has 2 heteroatoms. The van der Waals surface area contributed by atoms with Crippen LogP contribution in [-0.4, -0.2) is 18.3 Å². The molecule has 0 spiro atoms. The molecule has 0 aliphatic rings. The van der Waals surface area contributed by atoms with Crippen LogP contribution in [0.4, 0.5) is 5.69 Å². The fraction of sp³-hybridized carbons (Fsp3) is 0.571. The largest absolute Gasteiger partial charge is 0.396 e. The summed E-state index contributed by atoms with van der Waals surface area (Å²) in [5.41, 5.74) is 2.46. The summed E-state index contributed by atoms with van der Waals surface area (Å²) >= 11 is 0. The van der Waals surface area contributed by atoms with Crippen molar-refractivity contribution in [3.63, 3.8) is 0 Å². The molecule has 0 aromatic heterocycles. The molecule has 0 amide bonds. The number of aliphatic hydroxyl groups is 1. The van der Waals surface area contributed by atoms with E-state index in [1.807, 2.05) is 0 Å². The fourth-order valence-corrected chi connectivity index (χ4v) is 1.51. The third kappa shape index (κ3) is 3.53. The molecular weight excluding hydrogens is 198 g/mol. The van der Waals surface area contributed by atoms with Gasteiger partial charge in [-0.25, -0.2) is 0 Å². The molecule has 0 aliphatic carbocycles. The van der Waals surface area contributed by atoms with Gasteiger partial charge < -0.3 is 10.4 Å². The topological polar surface area (TPSA) is 32.3 Å². The second-order valence-corrected chi connectivity index (χ2v) is 4.73. The van der Waals surface area contributed by atoms with Crippen LogP contribution in [0.2, 0.25) is 0 Å². The summed E-state index contributed by atoms with van der Waals surface area (Å²) in [6.07, 6.45) is 2.03. The minimum atomic E-state index is -0.0256. The number of rotatable bonds is 6. The van der Waals surface area contributed by atoms with Crippen LogP contribution < -0.4 is 5.32 Å². The summed E-state index contributed by atoms with van der Waals surface area (Å²) in [7, 11) is 0. The summed E-state index contributed by atoms with van der Waals surface area (Å²) in [5.74, 6) is 0. The maximum Gasteiger partial charge on any atom is 0.0501 e. The molecule has 0 fully saturated rings. The smallest absolute Gasteiger partial charge is 0.0501 e. The maximum atomic E-state index is 9.32. The lowest BCUT2D eigenvalue weighted by molar-refractivity contribution is 0.149. The van der Waals surface area contributed by atoms with E-state index in [0.29, 0.717) is 0 Å². The van der Waals surface area contributed by atoms with E-state index in [0.717, 1.165) is 25.1 Å². The van der Waals surface area contributed by atoms with E-state index < -0.39 is 0 Å². The molecule has 1 rings (SSSR count). The van der Waals surface area contributed by atoms with Gasteiger partial charge in [-0.05, 0) is 30.5 Å². The normalized spacial score (nSPS) is 14.5. The first-order valence-corrected chi connectivity index (χ1v) is 6.07. The van der Waals surface area contributed by atoms with Crippen molar-refractivity contribution in [2.75, 3.05) is 18.5 Å². The molecule has 1 aromatic rings. The quantitative estimate of drug-likeness (QED) is 0.773. The van der Waals surface area contributed by atoms with Crippen molar-refractivity contribution in [2.24, 2.45) is 5.41 Å². The van der Waals surface area contributed by atoms with Gasteiger partial charge in [0.15, 0.2) is 0 Å². The average Bonchev–Trinajstić information content (AvgIpc) is 2.36. The number of hydrogen-bond donors (Lipinski definition) is 2. The standard InChI is InChI=1S/C14H23NO/c1-4-12-7-6-8-13(9-12)15-10-14(3,5-2)11-16/h6-9,15-16H,4-5,10-11H2,1-3H3. The second kappa shape index (κ2) is 5.90. The maximum absolute atomic E-state index is 9.32. The Hall–Kier alpha value is -1.02. The van der Waals surface area contributed by atoms with Crippen molar-refractivity contribution in [3.05, 3.63) is 29.8 Å². The predicted molar refractivity (Wildman–Crippen MR) is 69.8 cm³/mol. The van der Waals surface area contributed by atoms with Gasteiger partial charge >= 0.3 is 0 Å². The van der Waals surface area contributed by atoms with Crippen molar-refractivity contribution < 1.29 is 5.11 Å². The van der Waals surface area contributed by atoms with Crippen LogP contribution in [0, 0.1) is 5.41 Å². The monoisotopic (exact) mass is 221 g/mol. The van der Waals surface area contributed by atoms with Crippen LogP contribution in [0.15, 0.2) is 24.3 Å². The Kier molecular flexibility index (Phi) is 4.81. The summed E-state index contributed by atoms with van der Waals surface area (Å²) in [6.45, 7) is 7.41. The van der Waals surface area contributed by atoms with E-state index in [4.69, 9.17) is 0 Å². The Morgan fingerprint density at radius 3 is 2.62 bits per heavy atom. The number of aryl methyl sites for hydroxylation is 1. The molecule has 0 heterocycles. The van der Waals surface area contributed by atoms with Gasteiger partial charge in [-0.15, -0.1) is 0 Å². The molecule has 0 radical (unpaired) electrons. The molecular formula is C14H23NO. The van der Waals surface area contributed by atoms with Gasteiger partial charge in [0.1, 0.15) is 0 Å². The van der Waals surface area contributed by atoms with Crippen LogP contribution >= 0.6 is 0 Å². The highest BCUT2D eigenvalue weighted by Crippen LogP contribution is 2.21. The summed E-state index contributed by atoms with van der Waals surface area (Å²) in [6, 6.07) is 8.46. The van der Waals surface area contributed by atoms with Gasteiger partial charge in [-0.1, -0.05) is 32.9 Å². The number of anilines is 1. The average molecular weight is 221 g/mol. The van der Waals surface area contributed by atoms with Gasteiger partial charge in [0, 0.05) is 17.6 Å². The van der Waals surface area contributed by atoms with Crippen LogP contribution in [0.1, 0.15) is 32.8 Å². The summed E-state index contributed by atoms with van der Waals surface area (Å²) < 4.78 is 0. The van der Waals surface area contributed by atoms with Crippen LogP contribution in [0.3, 0.4) is 0 Å². The lowest BCUT2D eigenvalue weighted by atomic mass is 9.88. The molecule has 0 bridgehead atoms. The Morgan fingerprint density at radius 2 is 2.06 bits per heavy atom.